The third-order valence-electron chi connectivity index (χ3n) is 1.78. The maximum Gasteiger partial charge on any atom is 0.270 e. The van der Waals surface area contributed by atoms with E-state index in [2.05, 4.69) is 20.9 Å². The quantitative estimate of drug-likeness (QED) is 0.798. The zero-order chi connectivity index (χ0) is 11.4. The zero-order valence-electron chi connectivity index (χ0n) is 7.80. The van der Waals surface area contributed by atoms with Gasteiger partial charge >= 0.3 is 0 Å². The van der Waals surface area contributed by atoms with E-state index < -0.39 is 6.43 Å². The fourth-order valence-electron chi connectivity index (χ4n) is 1.17. The summed E-state index contributed by atoms with van der Waals surface area (Å²) >= 11 is 2.92. The van der Waals surface area contributed by atoms with E-state index in [1.165, 1.54) is 13.3 Å². The molecule has 1 heterocycles. The van der Waals surface area contributed by atoms with Gasteiger partial charge in [-0.1, -0.05) is 0 Å². The lowest BCUT2D eigenvalue weighted by molar-refractivity contribution is 0.145. The van der Waals surface area contributed by atoms with Crippen LogP contribution in [-0.4, -0.2) is 12.1 Å². The van der Waals surface area contributed by atoms with Crippen LogP contribution in [0.1, 0.15) is 17.6 Å². The third kappa shape index (κ3) is 2.42. The van der Waals surface area contributed by atoms with Gasteiger partial charge in [-0.05, 0) is 15.9 Å². The van der Waals surface area contributed by atoms with Crippen molar-refractivity contribution in [2.24, 2.45) is 0 Å². The summed E-state index contributed by atoms with van der Waals surface area (Å²) in [6.07, 6.45) is -1.36. The first-order chi connectivity index (χ1) is 7.11. The van der Waals surface area contributed by atoms with E-state index in [4.69, 9.17) is 10.00 Å². The number of methoxy groups -OCH3 is 1. The van der Waals surface area contributed by atoms with Crippen LogP contribution in [0.15, 0.2) is 10.8 Å². The largest absolute Gasteiger partial charge is 0.496 e. The molecule has 1 rings (SSSR count). The molecule has 0 aromatic carbocycles. The Morgan fingerprint density at radius 3 is 2.80 bits per heavy atom. The molecule has 0 saturated heterocycles. The van der Waals surface area contributed by atoms with Crippen LogP contribution >= 0.6 is 15.9 Å². The van der Waals surface area contributed by atoms with Crippen molar-refractivity contribution in [2.45, 2.75) is 12.8 Å². The number of halogens is 3. The molecule has 0 N–H and O–H groups in total. The van der Waals surface area contributed by atoms with E-state index in [1.54, 1.807) is 0 Å². The van der Waals surface area contributed by atoms with Gasteiger partial charge in [0.1, 0.15) is 10.4 Å². The van der Waals surface area contributed by atoms with Crippen LogP contribution in [0, 0.1) is 11.3 Å². The molecule has 0 bridgehead atoms. The van der Waals surface area contributed by atoms with Crippen molar-refractivity contribution in [1.29, 1.82) is 5.26 Å². The van der Waals surface area contributed by atoms with Crippen LogP contribution in [0.5, 0.6) is 5.75 Å². The number of hydrogen-bond acceptors (Lipinski definition) is 3. The van der Waals surface area contributed by atoms with E-state index in [9.17, 15) is 8.78 Å². The normalized spacial score (nSPS) is 10.1. The van der Waals surface area contributed by atoms with Crippen molar-refractivity contribution < 1.29 is 13.5 Å². The highest BCUT2D eigenvalue weighted by Gasteiger charge is 2.21. The van der Waals surface area contributed by atoms with Gasteiger partial charge in [0.25, 0.3) is 6.43 Å². The molecule has 0 radical (unpaired) electrons. The van der Waals surface area contributed by atoms with Gasteiger partial charge < -0.3 is 4.74 Å². The van der Waals surface area contributed by atoms with Gasteiger partial charge in [-0.2, -0.15) is 5.26 Å². The van der Waals surface area contributed by atoms with E-state index in [-0.39, 0.29) is 22.3 Å². The van der Waals surface area contributed by atoms with E-state index >= 15 is 0 Å². The molecule has 1 aromatic rings. The zero-order valence-corrected chi connectivity index (χ0v) is 9.38. The maximum absolute atomic E-state index is 12.7. The lowest BCUT2D eigenvalue weighted by Gasteiger charge is -2.12. The number of nitrogens with zero attached hydrogens (tertiary/aromatic N) is 2. The smallest absolute Gasteiger partial charge is 0.270 e. The maximum atomic E-state index is 12.7. The minimum atomic E-state index is -2.69. The second kappa shape index (κ2) is 5.03. The summed E-state index contributed by atoms with van der Waals surface area (Å²) in [7, 11) is 1.29. The highest BCUT2D eigenvalue weighted by molar-refractivity contribution is 9.10. The molecule has 0 amide bonds. The second-order valence-electron chi connectivity index (χ2n) is 2.66. The number of alkyl halides is 2. The molecule has 0 unspecified atom stereocenters. The molecule has 0 aliphatic heterocycles. The van der Waals surface area contributed by atoms with E-state index in [1.807, 2.05) is 6.07 Å². The Balaban J connectivity index is 3.34. The average Bonchev–Trinajstić information content (AvgIpc) is 2.19. The Kier molecular flexibility index (Phi) is 3.97. The van der Waals surface area contributed by atoms with Crippen LogP contribution in [0.25, 0.3) is 0 Å². The first-order valence-corrected chi connectivity index (χ1v) is 4.77. The van der Waals surface area contributed by atoms with Gasteiger partial charge in [-0.25, -0.2) is 13.8 Å². The molecule has 80 valence electrons. The van der Waals surface area contributed by atoms with Crippen molar-refractivity contribution >= 4 is 15.9 Å². The number of ether oxygens (including phenoxy) is 1. The van der Waals surface area contributed by atoms with Gasteiger partial charge in [-0.3, -0.25) is 0 Å². The molecule has 0 saturated carbocycles. The first kappa shape index (κ1) is 11.9. The standard InChI is InChI=1S/C9H7BrF2N2O/c1-15-7-5(2-3-13)4-14-8(10)6(7)9(11)12/h4,9H,2H2,1H3. The summed E-state index contributed by atoms with van der Waals surface area (Å²) in [5.41, 5.74) is 0.0451. The van der Waals surface area contributed by atoms with Gasteiger partial charge in [0, 0.05) is 11.8 Å². The molecule has 0 aliphatic carbocycles. The molecular formula is C9H7BrF2N2O. The van der Waals surface area contributed by atoms with Crippen LogP contribution in [0.2, 0.25) is 0 Å². The number of nitriles is 1. The van der Waals surface area contributed by atoms with Gasteiger partial charge in [-0.15, -0.1) is 0 Å². The van der Waals surface area contributed by atoms with Crippen LogP contribution < -0.4 is 4.74 Å². The predicted octanol–water partition coefficient (Wildman–Crippen LogP) is 2.86. The van der Waals surface area contributed by atoms with Gasteiger partial charge in [0.05, 0.1) is 25.2 Å². The highest BCUT2D eigenvalue weighted by atomic mass is 79.9. The van der Waals surface area contributed by atoms with E-state index in [0.29, 0.717) is 5.56 Å². The Bertz CT molecular complexity index is 404. The lowest BCUT2D eigenvalue weighted by Crippen LogP contribution is -2.00. The summed E-state index contributed by atoms with van der Waals surface area (Å²) in [6.45, 7) is 0. The van der Waals surface area contributed by atoms with Crippen molar-refractivity contribution in [1.82, 2.24) is 4.98 Å². The SMILES string of the molecule is COc1c(CC#N)cnc(Br)c1C(F)F. The van der Waals surface area contributed by atoms with Crippen LogP contribution in [-0.2, 0) is 6.42 Å². The van der Waals surface area contributed by atoms with Gasteiger partial charge in [0.15, 0.2) is 0 Å². The molecule has 0 fully saturated rings. The number of pyridine rings is 1. The Labute approximate surface area is 93.8 Å². The van der Waals surface area contributed by atoms with Crippen molar-refractivity contribution in [2.75, 3.05) is 7.11 Å². The molecular weight excluding hydrogens is 270 g/mol. The Morgan fingerprint density at radius 1 is 1.67 bits per heavy atom. The second-order valence-corrected chi connectivity index (χ2v) is 3.41. The molecule has 1 aromatic heterocycles. The average molecular weight is 277 g/mol. The number of aromatic nitrogens is 1. The lowest BCUT2D eigenvalue weighted by atomic mass is 10.1. The number of rotatable bonds is 3. The fourth-order valence-corrected chi connectivity index (χ4v) is 1.63. The van der Waals surface area contributed by atoms with Crippen molar-refractivity contribution in [3.05, 3.63) is 21.9 Å². The summed E-state index contributed by atoms with van der Waals surface area (Å²) in [4.78, 5) is 3.73. The molecule has 6 heteroatoms. The molecule has 15 heavy (non-hydrogen) atoms. The van der Waals surface area contributed by atoms with Crippen LogP contribution in [0.3, 0.4) is 0 Å². The molecule has 0 atom stereocenters. The Hall–Kier alpha value is -1.22. The topological polar surface area (TPSA) is 45.9 Å². The summed E-state index contributed by atoms with van der Waals surface area (Å²) in [6, 6.07) is 1.86. The first-order valence-electron chi connectivity index (χ1n) is 3.98. The van der Waals surface area contributed by atoms with E-state index in [0.717, 1.165) is 0 Å². The van der Waals surface area contributed by atoms with Crippen molar-refractivity contribution in [3.8, 4) is 11.8 Å². The molecule has 0 aliphatic rings. The molecule has 0 spiro atoms. The summed E-state index contributed by atoms with van der Waals surface area (Å²) < 4.78 is 30.2. The van der Waals surface area contributed by atoms with Crippen LogP contribution in [0.4, 0.5) is 8.78 Å². The molecule has 3 nitrogen and oxygen atoms in total. The number of hydrogen-bond donors (Lipinski definition) is 0. The van der Waals surface area contributed by atoms with Gasteiger partial charge in [0.2, 0.25) is 0 Å². The summed E-state index contributed by atoms with van der Waals surface area (Å²) in [5, 5.41) is 8.51. The predicted molar refractivity (Wildman–Crippen MR) is 52.8 cm³/mol. The third-order valence-corrected chi connectivity index (χ3v) is 2.42. The van der Waals surface area contributed by atoms with Crippen molar-refractivity contribution in [3.63, 3.8) is 0 Å². The highest BCUT2D eigenvalue weighted by Crippen LogP contribution is 2.36. The minimum Gasteiger partial charge on any atom is -0.496 e. The fraction of sp³-hybridized carbons (Fsp3) is 0.333. The monoisotopic (exact) mass is 276 g/mol. The Morgan fingerprint density at radius 2 is 2.33 bits per heavy atom. The minimum absolute atomic E-state index is 0.0107. The summed E-state index contributed by atoms with van der Waals surface area (Å²) in [5.74, 6) is 0.0217.